The highest BCUT2D eigenvalue weighted by Gasteiger charge is 2.40. The molecule has 7 nitrogen and oxygen atoms in total. The van der Waals surface area contributed by atoms with E-state index in [4.69, 9.17) is 16.7 Å². The van der Waals surface area contributed by atoms with Gasteiger partial charge in [0, 0.05) is 23.0 Å². The quantitative estimate of drug-likeness (QED) is 0.678. The highest BCUT2D eigenvalue weighted by Crippen LogP contribution is 2.38. The van der Waals surface area contributed by atoms with Gasteiger partial charge < -0.3 is 10.4 Å². The number of hydrogen-bond acceptors (Lipinski definition) is 5. The molecule has 1 aromatic heterocycles. The summed E-state index contributed by atoms with van der Waals surface area (Å²) in [5.41, 5.74) is 0.513. The summed E-state index contributed by atoms with van der Waals surface area (Å²) in [6, 6.07) is 4.51. The molecule has 2 amide bonds. The molecule has 0 saturated heterocycles. The van der Waals surface area contributed by atoms with Crippen LogP contribution in [-0.2, 0) is 28.6 Å². The van der Waals surface area contributed by atoms with Gasteiger partial charge >= 0.3 is 6.18 Å². The molecule has 2 aromatic rings. The molecule has 164 valence electrons. The predicted octanol–water partition coefficient (Wildman–Crippen LogP) is 3.08. The SMILES string of the molecule is O=C1C=C(Nc2ccc(-n3nc(C(F)(F)F)c4c3CCCC4)c(Cl)c2)C(=O)N1CCO. The van der Waals surface area contributed by atoms with Crippen molar-refractivity contribution in [3.8, 4) is 5.69 Å². The van der Waals surface area contributed by atoms with E-state index in [2.05, 4.69) is 10.4 Å². The number of alkyl halides is 3. The molecule has 0 bridgehead atoms. The van der Waals surface area contributed by atoms with E-state index in [0.717, 1.165) is 17.4 Å². The van der Waals surface area contributed by atoms with Gasteiger partial charge in [-0.2, -0.15) is 18.3 Å². The highest BCUT2D eigenvalue weighted by molar-refractivity contribution is 6.32. The molecule has 0 unspecified atom stereocenters. The number of rotatable bonds is 5. The van der Waals surface area contributed by atoms with Crippen molar-refractivity contribution in [3.63, 3.8) is 0 Å². The van der Waals surface area contributed by atoms with Crippen LogP contribution in [0.2, 0.25) is 5.02 Å². The fourth-order valence-electron chi connectivity index (χ4n) is 3.85. The Morgan fingerprint density at radius 3 is 2.61 bits per heavy atom. The molecule has 0 radical (unpaired) electrons. The Bertz CT molecular complexity index is 1090. The molecule has 2 heterocycles. The zero-order valence-electron chi connectivity index (χ0n) is 16.2. The number of halogens is 4. The Balaban J connectivity index is 1.64. The number of nitrogens with zero attached hydrogens (tertiary/aromatic N) is 3. The third kappa shape index (κ3) is 3.92. The lowest BCUT2D eigenvalue weighted by Gasteiger charge is -2.16. The number of nitrogens with one attached hydrogen (secondary N) is 1. The van der Waals surface area contributed by atoms with Gasteiger partial charge in [0.25, 0.3) is 11.8 Å². The van der Waals surface area contributed by atoms with Gasteiger partial charge in [0.15, 0.2) is 5.69 Å². The standard InChI is InChI=1S/C20H18ClF3N4O3/c21-13-9-11(25-14-10-17(30)27(7-8-29)19(14)31)5-6-16(13)28-15-4-2-1-3-12(15)18(26-28)20(22,23)24/h5-6,9-10,25,29H,1-4,7-8H2. The number of amides is 2. The van der Waals surface area contributed by atoms with Gasteiger partial charge in [0.2, 0.25) is 0 Å². The zero-order chi connectivity index (χ0) is 22.3. The van der Waals surface area contributed by atoms with Crippen LogP contribution >= 0.6 is 11.6 Å². The maximum absolute atomic E-state index is 13.4. The molecule has 1 aliphatic carbocycles. The number of benzene rings is 1. The molecule has 1 aromatic carbocycles. The summed E-state index contributed by atoms with van der Waals surface area (Å²) in [5, 5.41) is 15.7. The Morgan fingerprint density at radius 2 is 1.94 bits per heavy atom. The molecule has 31 heavy (non-hydrogen) atoms. The fraction of sp³-hybridized carbons (Fsp3) is 0.350. The van der Waals surface area contributed by atoms with E-state index in [1.807, 2.05) is 0 Å². The van der Waals surface area contributed by atoms with Crippen molar-refractivity contribution in [1.29, 1.82) is 0 Å². The molecule has 0 saturated carbocycles. The highest BCUT2D eigenvalue weighted by atomic mass is 35.5. The van der Waals surface area contributed by atoms with Crippen LogP contribution in [0, 0.1) is 0 Å². The maximum Gasteiger partial charge on any atom is 0.435 e. The van der Waals surface area contributed by atoms with Crippen molar-refractivity contribution in [1.82, 2.24) is 14.7 Å². The lowest BCUT2D eigenvalue weighted by molar-refractivity contribution is -0.142. The first kappa shape index (κ1) is 21.4. The maximum atomic E-state index is 13.4. The van der Waals surface area contributed by atoms with Crippen LogP contribution in [0.5, 0.6) is 0 Å². The third-order valence-corrected chi connectivity index (χ3v) is 5.54. The van der Waals surface area contributed by atoms with E-state index < -0.39 is 23.7 Å². The predicted molar refractivity (Wildman–Crippen MR) is 106 cm³/mol. The average molecular weight is 455 g/mol. The van der Waals surface area contributed by atoms with Gasteiger partial charge in [0.05, 0.1) is 23.9 Å². The number of fused-ring (bicyclic) bond motifs is 1. The van der Waals surface area contributed by atoms with Crippen LogP contribution in [0.3, 0.4) is 0 Å². The van der Waals surface area contributed by atoms with Gasteiger partial charge in [-0.15, -0.1) is 0 Å². The summed E-state index contributed by atoms with van der Waals surface area (Å²) in [6.07, 6.45) is -1.22. The summed E-state index contributed by atoms with van der Waals surface area (Å²) < 4.78 is 41.6. The van der Waals surface area contributed by atoms with Crippen molar-refractivity contribution in [2.45, 2.75) is 31.9 Å². The summed E-state index contributed by atoms with van der Waals surface area (Å²) in [5.74, 6) is -1.14. The summed E-state index contributed by atoms with van der Waals surface area (Å²) in [4.78, 5) is 25.0. The topological polar surface area (TPSA) is 87.5 Å². The van der Waals surface area contributed by atoms with E-state index in [0.29, 0.717) is 36.3 Å². The number of aromatic nitrogens is 2. The van der Waals surface area contributed by atoms with Gasteiger partial charge in [-0.3, -0.25) is 14.5 Å². The van der Waals surface area contributed by atoms with Crippen molar-refractivity contribution in [2.24, 2.45) is 0 Å². The molecule has 2 N–H and O–H groups in total. The second kappa shape index (κ2) is 8.01. The van der Waals surface area contributed by atoms with Crippen LogP contribution in [0.1, 0.15) is 29.8 Å². The monoisotopic (exact) mass is 454 g/mol. The van der Waals surface area contributed by atoms with E-state index >= 15 is 0 Å². The zero-order valence-corrected chi connectivity index (χ0v) is 16.9. The Kier molecular flexibility index (Phi) is 5.52. The fourth-order valence-corrected chi connectivity index (χ4v) is 4.11. The Labute approximate surface area is 180 Å². The molecule has 2 aliphatic rings. The van der Waals surface area contributed by atoms with Crippen molar-refractivity contribution < 1.29 is 27.9 Å². The van der Waals surface area contributed by atoms with Gasteiger partial charge in [-0.1, -0.05) is 11.6 Å². The van der Waals surface area contributed by atoms with Crippen LogP contribution in [0.25, 0.3) is 5.69 Å². The Hall–Kier alpha value is -2.85. The number of hydrogen-bond donors (Lipinski definition) is 2. The molecule has 0 atom stereocenters. The summed E-state index contributed by atoms with van der Waals surface area (Å²) in [7, 11) is 0. The van der Waals surface area contributed by atoms with Gasteiger partial charge in [0.1, 0.15) is 5.70 Å². The molecule has 4 rings (SSSR count). The van der Waals surface area contributed by atoms with E-state index in [9.17, 15) is 22.8 Å². The number of carbonyl (C=O) groups excluding carboxylic acids is 2. The number of aliphatic hydroxyl groups is 1. The molecular weight excluding hydrogens is 437 g/mol. The molecule has 1 aliphatic heterocycles. The second-order valence-corrected chi connectivity index (χ2v) is 7.67. The first-order valence-electron chi connectivity index (χ1n) is 9.64. The van der Waals surface area contributed by atoms with E-state index in [-0.39, 0.29) is 29.4 Å². The summed E-state index contributed by atoms with van der Waals surface area (Å²) >= 11 is 6.36. The van der Waals surface area contributed by atoms with Gasteiger partial charge in [-0.05, 0) is 43.9 Å². The first-order chi connectivity index (χ1) is 14.7. The molecular formula is C20H18ClF3N4O3. The molecule has 11 heteroatoms. The van der Waals surface area contributed by atoms with Crippen molar-refractivity contribution in [3.05, 3.63) is 51.9 Å². The smallest absolute Gasteiger partial charge is 0.395 e. The van der Waals surface area contributed by atoms with Crippen LogP contribution in [0.4, 0.5) is 18.9 Å². The number of anilines is 1. The molecule has 0 spiro atoms. The van der Waals surface area contributed by atoms with Crippen LogP contribution in [0.15, 0.2) is 30.0 Å². The minimum absolute atomic E-state index is 0.0121. The second-order valence-electron chi connectivity index (χ2n) is 7.26. The number of aliphatic hydroxyl groups excluding tert-OH is 1. The third-order valence-electron chi connectivity index (χ3n) is 5.24. The number of β-amino-alcohol motifs (C(OH)–C–C–N with tert-alkyl or cyclic N) is 1. The number of imide groups is 1. The van der Waals surface area contributed by atoms with Crippen LogP contribution < -0.4 is 5.32 Å². The first-order valence-corrected chi connectivity index (χ1v) is 10.0. The largest absolute Gasteiger partial charge is 0.435 e. The minimum Gasteiger partial charge on any atom is -0.395 e. The summed E-state index contributed by atoms with van der Waals surface area (Å²) in [6.45, 7) is -0.474. The lowest BCUT2D eigenvalue weighted by atomic mass is 9.95. The average Bonchev–Trinajstić information content (AvgIpc) is 3.22. The molecule has 0 fully saturated rings. The van der Waals surface area contributed by atoms with E-state index in [1.165, 1.54) is 16.8 Å². The van der Waals surface area contributed by atoms with Crippen molar-refractivity contribution >= 4 is 29.1 Å². The van der Waals surface area contributed by atoms with Gasteiger partial charge in [-0.25, -0.2) is 4.68 Å². The number of carbonyl (C=O) groups is 2. The minimum atomic E-state index is -4.55. The lowest BCUT2D eigenvalue weighted by Crippen LogP contribution is -2.34. The van der Waals surface area contributed by atoms with E-state index in [1.54, 1.807) is 6.07 Å². The normalized spacial score (nSPS) is 16.5. The van der Waals surface area contributed by atoms with Crippen molar-refractivity contribution in [2.75, 3.05) is 18.5 Å². The van der Waals surface area contributed by atoms with Crippen LogP contribution in [-0.4, -0.2) is 44.8 Å². The Morgan fingerprint density at radius 1 is 1.19 bits per heavy atom.